The van der Waals surface area contributed by atoms with E-state index in [1.807, 2.05) is 0 Å². The van der Waals surface area contributed by atoms with Gasteiger partial charge in [0.25, 0.3) is 0 Å². The largest absolute Gasteiger partial charge is 0.465 e. The Morgan fingerprint density at radius 2 is 2.00 bits per heavy atom. The zero-order valence-corrected chi connectivity index (χ0v) is 11.9. The number of aromatic nitrogens is 1. The van der Waals surface area contributed by atoms with Crippen molar-refractivity contribution in [2.24, 2.45) is 0 Å². The van der Waals surface area contributed by atoms with E-state index in [0.29, 0.717) is 0 Å². The van der Waals surface area contributed by atoms with E-state index in [4.69, 9.17) is 16.3 Å². The van der Waals surface area contributed by atoms with Crippen molar-refractivity contribution in [1.82, 2.24) is 4.98 Å². The first-order valence-corrected chi connectivity index (χ1v) is 5.85. The maximum Gasteiger partial charge on any atom is 0.412 e. The third-order valence-electron chi connectivity index (χ3n) is 1.94. The molecule has 0 saturated heterocycles. The molecule has 0 aliphatic rings. The van der Waals surface area contributed by atoms with Gasteiger partial charge in [-0.25, -0.2) is 14.6 Å². The molecule has 0 bridgehead atoms. The number of nitrogens with one attached hydrogen (secondary N) is 1. The van der Waals surface area contributed by atoms with Gasteiger partial charge in [-0.15, -0.1) is 0 Å². The van der Waals surface area contributed by atoms with E-state index < -0.39 is 17.7 Å². The molecule has 0 fully saturated rings. The summed E-state index contributed by atoms with van der Waals surface area (Å²) in [5.41, 5.74) is -0.497. The van der Waals surface area contributed by atoms with Gasteiger partial charge in [0.15, 0.2) is 5.15 Å². The Bertz CT molecular complexity index is 497. The van der Waals surface area contributed by atoms with Gasteiger partial charge in [-0.2, -0.15) is 0 Å². The van der Waals surface area contributed by atoms with E-state index in [1.165, 1.54) is 19.4 Å². The summed E-state index contributed by atoms with van der Waals surface area (Å²) in [6.45, 7) is 5.16. The minimum Gasteiger partial charge on any atom is -0.465 e. The minimum absolute atomic E-state index is 0.0197. The Morgan fingerprint density at radius 3 is 2.53 bits per heavy atom. The zero-order chi connectivity index (χ0) is 14.6. The highest BCUT2D eigenvalue weighted by molar-refractivity contribution is 6.33. The Kier molecular flexibility index (Phi) is 4.72. The molecule has 0 saturated carbocycles. The Labute approximate surface area is 116 Å². The normalized spacial score (nSPS) is 10.8. The van der Waals surface area contributed by atoms with Crippen molar-refractivity contribution < 1.29 is 19.1 Å². The lowest BCUT2D eigenvalue weighted by atomic mass is 10.2. The average Bonchev–Trinajstić information content (AvgIpc) is 2.28. The van der Waals surface area contributed by atoms with E-state index in [2.05, 4.69) is 15.0 Å². The second kappa shape index (κ2) is 5.88. The van der Waals surface area contributed by atoms with Crippen LogP contribution in [0.15, 0.2) is 12.3 Å². The molecule has 1 aromatic rings. The fraction of sp³-hybridized carbons (Fsp3) is 0.417. The molecule has 0 spiro atoms. The summed E-state index contributed by atoms with van der Waals surface area (Å²) in [6, 6.07) is 1.39. The average molecular weight is 287 g/mol. The zero-order valence-electron chi connectivity index (χ0n) is 11.1. The number of methoxy groups -OCH3 is 1. The van der Waals surface area contributed by atoms with Crippen molar-refractivity contribution in [3.8, 4) is 0 Å². The van der Waals surface area contributed by atoms with Crippen molar-refractivity contribution in [2.75, 3.05) is 12.4 Å². The van der Waals surface area contributed by atoms with Crippen LogP contribution >= 0.6 is 11.6 Å². The third kappa shape index (κ3) is 4.40. The van der Waals surface area contributed by atoms with Gasteiger partial charge in [-0.3, -0.25) is 5.32 Å². The van der Waals surface area contributed by atoms with E-state index in [9.17, 15) is 9.59 Å². The predicted molar refractivity (Wildman–Crippen MR) is 70.4 cm³/mol. The summed E-state index contributed by atoms with van der Waals surface area (Å²) < 4.78 is 9.67. The molecule has 6 nitrogen and oxygen atoms in total. The lowest BCUT2D eigenvalue weighted by Crippen LogP contribution is -2.28. The molecule has 0 aliphatic carbocycles. The van der Waals surface area contributed by atoms with Crippen LogP contribution in [0.3, 0.4) is 0 Å². The molecule has 1 heterocycles. The van der Waals surface area contributed by atoms with Crippen LogP contribution in [0.25, 0.3) is 0 Å². The van der Waals surface area contributed by atoms with E-state index in [1.54, 1.807) is 20.8 Å². The Hall–Kier alpha value is -1.82. The van der Waals surface area contributed by atoms with Crippen LogP contribution in [0.2, 0.25) is 5.15 Å². The molecule has 1 rings (SSSR count). The van der Waals surface area contributed by atoms with Gasteiger partial charge in [0.1, 0.15) is 5.60 Å². The maximum atomic E-state index is 11.7. The number of esters is 1. The van der Waals surface area contributed by atoms with Crippen LogP contribution in [0.5, 0.6) is 0 Å². The smallest absolute Gasteiger partial charge is 0.412 e. The number of hydrogen-bond donors (Lipinski definition) is 1. The summed E-state index contributed by atoms with van der Waals surface area (Å²) in [5.74, 6) is -0.629. The quantitative estimate of drug-likeness (QED) is 0.668. The number of carbonyl (C=O) groups is 2. The number of nitrogens with zero attached hydrogens (tertiary/aromatic N) is 1. The van der Waals surface area contributed by atoms with Crippen molar-refractivity contribution >= 4 is 29.4 Å². The maximum absolute atomic E-state index is 11.7. The Morgan fingerprint density at radius 1 is 1.37 bits per heavy atom. The molecule has 0 aliphatic heterocycles. The highest BCUT2D eigenvalue weighted by Crippen LogP contribution is 2.25. The van der Waals surface area contributed by atoms with Crippen molar-refractivity contribution in [3.63, 3.8) is 0 Å². The van der Waals surface area contributed by atoms with Crippen molar-refractivity contribution in [2.45, 2.75) is 26.4 Å². The highest BCUT2D eigenvalue weighted by Gasteiger charge is 2.21. The van der Waals surface area contributed by atoms with Crippen LogP contribution in [0.4, 0.5) is 10.5 Å². The van der Waals surface area contributed by atoms with Gasteiger partial charge in [0.05, 0.1) is 18.4 Å². The molecule has 0 aromatic carbocycles. The number of pyridine rings is 1. The van der Waals surface area contributed by atoms with Crippen molar-refractivity contribution in [1.29, 1.82) is 0 Å². The van der Waals surface area contributed by atoms with Crippen LogP contribution in [-0.2, 0) is 9.47 Å². The fourth-order valence-corrected chi connectivity index (χ4v) is 1.45. The van der Waals surface area contributed by atoms with Gasteiger partial charge in [-0.05, 0) is 26.8 Å². The predicted octanol–water partition coefficient (Wildman–Crippen LogP) is 2.87. The Balaban J connectivity index is 3.00. The summed E-state index contributed by atoms with van der Waals surface area (Å²) in [7, 11) is 1.23. The lowest BCUT2D eigenvalue weighted by Gasteiger charge is -2.20. The highest BCUT2D eigenvalue weighted by atomic mass is 35.5. The summed E-state index contributed by atoms with van der Waals surface area (Å²) in [4.78, 5) is 27.0. The molecule has 104 valence electrons. The van der Waals surface area contributed by atoms with Gasteiger partial charge in [0, 0.05) is 6.20 Å². The molecule has 1 aromatic heterocycles. The number of anilines is 1. The van der Waals surface area contributed by atoms with Crippen LogP contribution < -0.4 is 5.32 Å². The van der Waals surface area contributed by atoms with Gasteiger partial charge < -0.3 is 9.47 Å². The second-order valence-electron chi connectivity index (χ2n) is 4.64. The van der Waals surface area contributed by atoms with Gasteiger partial charge >= 0.3 is 12.1 Å². The van der Waals surface area contributed by atoms with E-state index in [-0.39, 0.29) is 16.4 Å². The summed E-state index contributed by atoms with van der Waals surface area (Å²) >= 11 is 5.86. The number of ether oxygens (including phenoxy) is 2. The van der Waals surface area contributed by atoms with Crippen molar-refractivity contribution in [3.05, 3.63) is 23.0 Å². The molecular weight excluding hydrogens is 272 g/mol. The molecule has 1 N–H and O–H groups in total. The SMILES string of the molecule is COC(=O)c1ccnc(Cl)c1NC(=O)OC(C)(C)C. The summed E-state index contributed by atoms with van der Waals surface area (Å²) in [5, 5.41) is 2.37. The number of halogens is 1. The molecule has 0 radical (unpaired) electrons. The first kappa shape index (κ1) is 15.2. The van der Waals surface area contributed by atoms with Gasteiger partial charge in [0.2, 0.25) is 0 Å². The summed E-state index contributed by atoms with van der Waals surface area (Å²) in [6.07, 6.45) is 0.613. The number of amides is 1. The van der Waals surface area contributed by atoms with Crippen LogP contribution in [-0.4, -0.2) is 29.8 Å². The van der Waals surface area contributed by atoms with E-state index >= 15 is 0 Å². The number of rotatable bonds is 2. The molecule has 0 atom stereocenters. The van der Waals surface area contributed by atoms with E-state index in [0.717, 1.165) is 0 Å². The number of carbonyl (C=O) groups excluding carboxylic acids is 2. The molecule has 19 heavy (non-hydrogen) atoms. The first-order valence-electron chi connectivity index (χ1n) is 5.47. The molecule has 7 heteroatoms. The topological polar surface area (TPSA) is 77.5 Å². The fourth-order valence-electron chi connectivity index (χ4n) is 1.24. The monoisotopic (exact) mass is 286 g/mol. The lowest BCUT2D eigenvalue weighted by molar-refractivity contribution is 0.0601. The third-order valence-corrected chi connectivity index (χ3v) is 2.22. The second-order valence-corrected chi connectivity index (χ2v) is 5.00. The number of hydrogen-bond acceptors (Lipinski definition) is 5. The minimum atomic E-state index is -0.729. The molecule has 1 amide bonds. The van der Waals surface area contributed by atoms with Gasteiger partial charge in [-0.1, -0.05) is 11.6 Å². The first-order chi connectivity index (χ1) is 8.74. The molecular formula is C12H15ClN2O4. The van der Waals surface area contributed by atoms with Crippen LogP contribution in [0, 0.1) is 0 Å². The standard InChI is InChI=1S/C12H15ClN2O4/c1-12(2,3)19-11(17)15-8-7(10(16)18-4)5-6-14-9(8)13/h5-6H,1-4H3,(H,15,17). The molecule has 0 unspecified atom stereocenters. The van der Waals surface area contributed by atoms with Crippen LogP contribution in [0.1, 0.15) is 31.1 Å².